The Balaban J connectivity index is 1.09. The number of nitrogens with zero attached hydrogens (tertiary/aromatic N) is 1. The van der Waals surface area contributed by atoms with Gasteiger partial charge in [-0.2, -0.15) is 0 Å². The maximum absolute atomic E-state index is 6.27. The molecule has 268 valence electrons. The van der Waals surface area contributed by atoms with Crippen molar-refractivity contribution in [1.82, 2.24) is 0 Å². The van der Waals surface area contributed by atoms with E-state index < -0.39 is 0 Å². The zero-order chi connectivity index (χ0) is 37.7. The molecule has 0 saturated heterocycles. The van der Waals surface area contributed by atoms with E-state index in [4.69, 9.17) is 4.42 Å². The Labute approximate surface area is 335 Å². The van der Waals surface area contributed by atoms with Crippen molar-refractivity contribution < 1.29 is 4.42 Å². The summed E-state index contributed by atoms with van der Waals surface area (Å²) in [6.07, 6.45) is 0. The largest absolute Gasteiger partial charge is 0.456 e. The van der Waals surface area contributed by atoms with Crippen LogP contribution in [-0.4, -0.2) is 0 Å². The maximum Gasteiger partial charge on any atom is 0.136 e. The summed E-state index contributed by atoms with van der Waals surface area (Å²) in [5, 5.41) is 4.82. The highest BCUT2D eigenvalue weighted by Gasteiger charge is 2.23. The van der Waals surface area contributed by atoms with Crippen LogP contribution in [0.4, 0.5) is 17.1 Å². The Morgan fingerprint density at radius 3 is 1.53 bits per heavy atom. The molecule has 2 nitrogen and oxygen atoms in total. The van der Waals surface area contributed by atoms with Crippen LogP contribution in [0, 0.1) is 0 Å². The normalized spacial score (nSPS) is 11.5. The number of thiophene rings is 1. The van der Waals surface area contributed by atoms with E-state index in [2.05, 4.69) is 205 Å². The first kappa shape index (κ1) is 33.2. The number of anilines is 3. The van der Waals surface area contributed by atoms with Crippen molar-refractivity contribution in [1.29, 1.82) is 0 Å². The van der Waals surface area contributed by atoms with Gasteiger partial charge in [0, 0.05) is 43.2 Å². The molecule has 57 heavy (non-hydrogen) atoms. The van der Waals surface area contributed by atoms with Gasteiger partial charge in [0.15, 0.2) is 0 Å². The minimum atomic E-state index is 0.901. The second-order valence-electron chi connectivity index (χ2n) is 14.5. The van der Waals surface area contributed by atoms with E-state index in [9.17, 15) is 0 Å². The van der Waals surface area contributed by atoms with Crippen molar-refractivity contribution in [3.63, 3.8) is 0 Å². The van der Waals surface area contributed by atoms with Gasteiger partial charge in [0.25, 0.3) is 0 Å². The summed E-state index contributed by atoms with van der Waals surface area (Å²) >= 11 is 1.87. The van der Waals surface area contributed by atoms with E-state index in [1.807, 2.05) is 23.5 Å². The van der Waals surface area contributed by atoms with E-state index in [0.717, 1.165) is 44.4 Å². The Bertz CT molecular complexity index is 3200. The third-order valence-electron chi connectivity index (χ3n) is 11.1. The number of rotatable bonds is 7. The van der Waals surface area contributed by atoms with Crippen LogP contribution in [0.5, 0.6) is 0 Å². The summed E-state index contributed by atoms with van der Waals surface area (Å²) in [6.45, 7) is 0. The molecule has 9 aromatic carbocycles. The second kappa shape index (κ2) is 13.8. The van der Waals surface area contributed by atoms with Crippen molar-refractivity contribution in [2.75, 3.05) is 4.90 Å². The third kappa shape index (κ3) is 5.80. The van der Waals surface area contributed by atoms with Crippen molar-refractivity contribution in [2.24, 2.45) is 0 Å². The first-order valence-corrected chi connectivity index (χ1v) is 20.1. The summed E-state index contributed by atoms with van der Waals surface area (Å²) in [5.74, 6) is 0. The lowest BCUT2D eigenvalue weighted by atomic mass is 9.97. The number of fused-ring (bicyclic) bond motifs is 6. The molecule has 3 heteroatoms. The summed E-state index contributed by atoms with van der Waals surface area (Å²) in [7, 11) is 0. The molecule has 11 rings (SSSR count). The average Bonchev–Trinajstić information content (AvgIpc) is 3.87. The van der Waals surface area contributed by atoms with Gasteiger partial charge in [-0.1, -0.05) is 170 Å². The van der Waals surface area contributed by atoms with Crippen molar-refractivity contribution in [3.8, 4) is 44.5 Å². The minimum Gasteiger partial charge on any atom is -0.456 e. The van der Waals surface area contributed by atoms with Crippen LogP contribution in [0.25, 0.3) is 86.6 Å². The van der Waals surface area contributed by atoms with Crippen molar-refractivity contribution in [2.45, 2.75) is 0 Å². The molecule has 0 radical (unpaired) electrons. The van der Waals surface area contributed by atoms with Gasteiger partial charge in [-0.25, -0.2) is 0 Å². The van der Waals surface area contributed by atoms with E-state index >= 15 is 0 Å². The third-order valence-corrected chi connectivity index (χ3v) is 12.3. The van der Waals surface area contributed by atoms with E-state index in [0.29, 0.717) is 0 Å². The molecule has 0 fully saturated rings. The lowest BCUT2D eigenvalue weighted by Gasteiger charge is -2.29. The van der Waals surface area contributed by atoms with E-state index in [1.54, 1.807) is 0 Å². The molecule has 0 atom stereocenters. The minimum absolute atomic E-state index is 0.901. The molecule has 0 amide bonds. The van der Waals surface area contributed by atoms with Gasteiger partial charge in [-0.15, -0.1) is 11.3 Å². The van der Waals surface area contributed by atoms with Crippen LogP contribution in [0.1, 0.15) is 0 Å². The zero-order valence-corrected chi connectivity index (χ0v) is 31.8. The molecule has 0 bridgehead atoms. The van der Waals surface area contributed by atoms with Crippen molar-refractivity contribution >= 4 is 70.5 Å². The van der Waals surface area contributed by atoms with Crippen molar-refractivity contribution in [3.05, 3.63) is 212 Å². The van der Waals surface area contributed by atoms with Gasteiger partial charge in [0.1, 0.15) is 11.2 Å². The standard InChI is InChI=1S/C54H35NOS/c1-3-12-36(13-4-1)37-22-24-38(25-23-37)39-26-30-42(31-27-39)55(43-32-28-41(29-33-43)44-18-11-20-50-52(44)48-17-7-9-19-49(48)56-50)53-45(40-14-5-2-6-15-40)34-35-47-46-16-8-10-21-51(46)57-54(47)53/h1-35H. The molecule has 0 aliphatic carbocycles. The van der Waals surface area contributed by atoms with E-state index in [-0.39, 0.29) is 0 Å². The zero-order valence-electron chi connectivity index (χ0n) is 31.0. The van der Waals surface area contributed by atoms with E-state index in [1.165, 1.54) is 59.2 Å². The number of para-hydroxylation sites is 1. The fourth-order valence-electron chi connectivity index (χ4n) is 8.35. The second-order valence-corrected chi connectivity index (χ2v) is 15.5. The van der Waals surface area contributed by atoms with Crippen LogP contribution >= 0.6 is 11.3 Å². The number of furan rings is 1. The lowest BCUT2D eigenvalue weighted by molar-refractivity contribution is 0.669. The fraction of sp³-hybridized carbons (Fsp3) is 0. The van der Waals surface area contributed by atoms with Crippen LogP contribution < -0.4 is 4.90 Å². The highest BCUT2D eigenvalue weighted by atomic mass is 32.1. The molecule has 0 aliphatic rings. The topological polar surface area (TPSA) is 16.4 Å². The predicted molar refractivity (Wildman–Crippen MR) is 243 cm³/mol. The molecule has 11 aromatic rings. The van der Waals surface area contributed by atoms with Gasteiger partial charge in [0.2, 0.25) is 0 Å². The lowest BCUT2D eigenvalue weighted by Crippen LogP contribution is -2.11. The first-order valence-electron chi connectivity index (χ1n) is 19.3. The predicted octanol–water partition coefficient (Wildman–Crippen LogP) is 16.1. The highest BCUT2D eigenvalue weighted by Crippen LogP contribution is 2.50. The monoisotopic (exact) mass is 745 g/mol. The number of hydrogen-bond acceptors (Lipinski definition) is 3. The molecule has 0 saturated carbocycles. The van der Waals surface area contributed by atoms with Gasteiger partial charge in [0.05, 0.1) is 10.4 Å². The molecule has 0 spiro atoms. The molecule has 2 heterocycles. The summed E-state index contributed by atoms with van der Waals surface area (Å²) in [6, 6.07) is 76.4. The average molecular weight is 746 g/mol. The van der Waals surface area contributed by atoms with Gasteiger partial charge < -0.3 is 9.32 Å². The highest BCUT2D eigenvalue weighted by molar-refractivity contribution is 7.26. The summed E-state index contributed by atoms with van der Waals surface area (Å²) in [5.41, 5.74) is 14.7. The Morgan fingerprint density at radius 1 is 0.333 bits per heavy atom. The van der Waals surface area contributed by atoms with Crippen LogP contribution in [0.3, 0.4) is 0 Å². The van der Waals surface area contributed by atoms with Gasteiger partial charge >= 0.3 is 0 Å². The SMILES string of the molecule is c1ccc(-c2ccc(-c3ccc(N(c4ccc(-c5cccc6oc7ccccc7c56)cc4)c4c(-c5ccccc5)ccc5c4sc4ccccc45)cc3)cc2)cc1. The maximum atomic E-state index is 6.27. The molecule has 0 N–H and O–H groups in total. The molecule has 0 unspecified atom stereocenters. The fourth-order valence-corrected chi connectivity index (χ4v) is 9.59. The van der Waals surface area contributed by atoms with Crippen LogP contribution in [0.2, 0.25) is 0 Å². The quantitative estimate of drug-likeness (QED) is 0.162. The number of benzene rings is 9. The molecule has 0 aliphatic heterocycles. The van der Waals surface area contributed by atoms with Crippen LogP contribution in [-0.2, 0) is 0 Å². The summed E-state index contributed by atoms with van der Waals surface area (Å²) in [4.78, 5) is 2.46. The Kier molecular flexibility index (Phi) is 8.04. The Hall–Kier alpha value is -7.20. The summed E-state index contributed by atoms with van der Waals surface area (Å²) < 4.78 is 8.82. The molecular formula is C54H35NOS. The first-order chi connectivity index (χ1) is 28.3. The molecule has 2 aromatic heterocycles. The van der Waals surface area contributed by atoms with Gasteiger partial charge in [-0.3, -0.25) is 0 Å². The van der Waals surface area contributed by atoms with Crippen LogP contribution in [0.15, 0.2) is 217 Å². The number of hydrogen-bond donors (Lipinski definition) is 0. The van der Waals surface area contributed by atoms with Gasteiger partial charge in [-0.05, 0) is 81.4 Å². The molecular weight excluding hydrogens is 711 g/mol. The smallest absolute Gasteiger partial charge is 0.136 e. The Morgan fingerprint density at radius 2 is 0.842 bits per heavy atom.